The first-order valence-electron chi connectivity index (χ1n) is 8.37. The second kappa shape index (κ2) is 8.22. The molecule has 9 heteroatoms. The van der Waals surface area contributed by atoms with Crippen molar-refractivity contribution in [3.05, 3.63) is 36.4 Å². The Morgan fingerprint density at radius 3 is 2.46 bits per heavy atom. The number of benzene rings is 1. The zero-order valence-electron chi connectivity index (χ0n) is 15.6. The van der Waals surface area contributed by atoms with E-state index in [2.05, 4.69) is 10.3 Å². The fourth-order valence-corrected chi connectivity index (χ4v) is 3.18. The average Bonchev–Trinajstić information content (AvgIpc) is 2.70. The Kier molecular flexibility index (Phi) is 5.74. The molecule has 1 heterocycles. The highest BCUT2D eigenvalue weighted by atomic mass is 32.1. The zero-order chi connectivity index (χ0) is 20.3. The molecule has 1 aromatic rings. The SMILES string of the molecule is COc1cc(NC(=O)CN2C(=O)C3C=CC=CC3=NC2=S)cc(OC)c1OC. The van der Waals surface area contributed by atoms with E-state index >= 15 is 0 Å². The van der Waals surface area contributed by atoms with Gasteiger partial charge in [0.25, 0.3) is 0 Å². The van der Waals surface area contributed by atoms with Crippen molar-refractivity contribution >= 4 is 40.5 Å². The molecule has 1 unspecified atom stereocenters. The number of rotatable bonds is 6. The zero-order valence-corrected chi connectivity index (χ0v) is 16.4. The number of amides is 2. The van der Waals surface area contributed by atoms with Crippen LogP contribution in [0.2, 0.25) is 0 Å². The van der Waals surface area contributed by atoms with Gasteiger partial charge in [-0.25, -0.2) is 4.99 Å². The van der Waals surface area contributed by atoms with E-state index in [1.165, 1.54) is 26.2 Å². The number of carbonyl (C=O) groups excluding carboxylic acids is 2. The molecular formula is C19H19N3O5S. The van der Waals surface area contributed by atoms with Gasteiger partial charge in [-0.15, -0.1) is 0 Å². The molecule has 1 aromatic carbocycles. The fraction of sp³-hybridized carbons (Fsp3) is 0.263. The lowest BCUT2D eigenvalue weighted by Crippen LogP contribution is -2.48. The Labute approximate surface area is 167 Å². The number of carbonyl (C=O) groups is 2. The van der Waals surface area contributed by atoms with Crippen LogP contribution in [0, 0.1) is 5.92 Å². The van der Waals surface area contributed by atoms with Gasteiger partial charge in [-0.2, -0.15) is 0 Å². The molecule has 1 atom stereocenters. The summed E-state index contributed by atoms with van der Waals surface area (Å²) in [4.78, 5) is 30.7. The van der Waals surface area contributed by atoms with E-state index < -0.39 is 11.8 Å². The standard InChI is InChI=1S/C19H19N3O5S/c1-25-14-8-11(9-15(26-2)17(14)27-3)20-16(23)10-22-18(24)12-6-4-5-7-13(12)21-19(22)28/h4-9,12H,10H2,1-3H3,(H,20,23). The number of ether oxygens (including phenoxy) is 3. The van der Waals surface area contributed by atoms with Gasteiger partial charge in [-0.05, 0) is 18.3 Å². The summed E-state index contributed by atoms with van der Waals surface area (Å²) in [5.74, 6) is -0.0279. The number of allylic oxidation sites excluding steroid dienone is 3. The smallest absolute Gasteiger partial charge is 0.244 e. The maximum atomic E-state index is 12.7. The minimum Gasteiger partial charge on any atom is -0.493 e. The molecule has 0 saturated heterocycles. The van der Waals surface area contributed by atoms with E-state index in [4.69, 9.17) is 26.4 Å². The number of aliphatic imine (C=N–C) groups is 1. The lowest BCUT2D eigenvalue weighted by molar-refractivity contribution is -0.131. The quantitative estimate of drug-likeness (QED) is 0.733. The first-order valence-corrected chi connectivity index (χ1v) is 8.78. The second-order valence-corrected chi connectivity index (χ2v) is 6.29. The summed E-state index contributed by atoms with van der Waals surface area (Å²) in [5, 5.41) is 2.78. The van der Waals surface area contributed by atoms with E-state index in [1.807, 2.05) is 0 Å². The van der Waals surface area contributed by atoms with Crippen LogP contribution < -0.4 is 19.5 Å². The van der Waals surface area contributed by atoms with Crippen LogP contribution in [-0.4, -0.2) is 55.4 Å². The minimum atomic E-state index is -0.523. The number of methoxy groups -OCH3 is 3. The topological polar surface area (TPSA) is 89.5 Å². The van der Waals surface area contributed by atoms with Gasteiger partial charge in [0.05, 0.1) is 33.0 Å². The van der Waals surface area contributed by atoms with Gasteiger partial charge in [0.1, 0.15) is 6.54 Å². The van der Waals surface area contributed by atoms with Gasteiger partial charge in [-0.3, -0.25) is 14.5 Å². The van der Waals surface area contributed by atoms with Crippen molar-refractivity contribution in [2.45, 2.75) is 0 Å². The van der Waals surface area contributed by atoms with Gasteiger partial charge >= 0.3 is 0 Å². The number of hydrogen-bond donors (Lipinski definition) is 1. The molecule has 0 spiro atoms. The van der Waals surface area contributed by atoms with Crippen molar-refractivity contribution in [3.63, 3.8) is 0 Å². The Morgan fingerprint density at radius 2 is 1.86 bits per heavy atom. The van der Waals surface area contributed by atoms with Crippen molar-refractivity contribution in [3.8, 4) is 17.2 Å². The van der Waals surface area contributed by atoms with E-state index in [0.717, 1.165) is 0 Å². The van der Waals surface area contributed by atoms with E-state index in [9.17, 15) is 9.59 Å². The molecule has 0 radical (unpaired) electrons. The van der Waals surface area contributed by atoms with Gasteiger partial charge in [0, 0.05) is 17.8 Å². The fourth-order valence-electron chi connectivity index (χ4n) is 2.92. The Morgan fingerprint density at radius 1 is 1.18 bits per heavy atom. The molecule has 0 bridgehead atoms. The minimum absolute atomic E-state index is 0.0660. The number of hydrogen-bond acceptors (Lipinski definition) is 6. The van der Waals surface area contributed by atoms with Crippen molar-refractivity contribution in [1.29, 1.82) is 0 Å². The van der Waals surface area contributed by atoms with Crippen LogP contribution in [0.1, 0.15) is 0 Å². The third kappa shape index (κ3) is 3.74. The maximum absolute atomic E-state index is 12.7. The molecular weight excluding hydrogens is 382 g/mol. The molecule has 0 aromatic heterocycles. The molecule has 8 nitrogen and oxygen atoms in total. The van der Waals surface area contributed by atoms with Crippen LogP contribution in [0.4, 0.5) is 5.69 Å². The monoisotopic (exact) mass is 401 g/mol. The molecule has 1 aliphatic carbocycles. The molecule has 2 aliphatic rings. The lowest BCUT2D eigenvalue weighted by atomic mass is 9.95. The van der Waals surface area contributed by atoms with Crippen LogP contribution in [-0.2, 0) is 9.59 Å². The maximum Gasteiger partial charge on any atom is 0.244 e. The van der Waals surface area contributed by atoms with Gasteiger partial charge < -0.3 is 19.5 Å². The second-order valence-electron chi connectivity index (χ2n) is 5.93. The van der Waals surface area contributed by atoms with Crippen LogP contribution in [0.3, 0.4) is 0 Å². The highest BCUT2D eigenvalue weighted by Crippen LogP contribution is 2.39. The van der Waals surface area contributed by atoms with Crippen LogP contribution in [0.15, 0.2) is 41.4 Å². The molecule has 0 fully saturated rings. The van der Waals surface area contributed by atoms with Gasteiger partial charge in [-0.1, -0.05) is 18.2 Å². The molecule has 3 rings (SSSR count). The molecule has 28 heavy (non-hydrogen) atoms. The molecule has 2 amide bonds. The number of thiocarbonyl (C=S) groups is 1. The van der Waals surface area contributed by atoms with Crippen LogP contribution in [0.5, 0.6) is 17.2 Å². The first-order chi connectivity index (χ1) is 13.5. The number of nitrogens with zero attached hydrogens (tertiary/aromatic N) is 2. The normalized spacial score (nSPS) is 17.8. The average molecular weight is 401 g/mol. The highest BCUT2D eigenvalue weighted by Gasteiger charge is 2.34. The Hall–Kier alpha value is -3.20. The Balaban J connectivity index is 1.76. The van der Waals surface area contributed by atoms with E-state index in [-0.39, 0.29) is 17.6 Å². The predicted octanol–water partition coefficient (Wildman–Crippen LogP) is 1.96. The van der Waals surface area contributed by atoms with Gasteiger partial charge in [0.2, 0.25) is 22.7 Å². The van der Waals surface area contributed by atoms with E-state index in [0.29, 0.717) is 28.6 Å². The van der Waals surface area contributed by atoms with Gasteiger partial charge in [0.15, 0.2) is 11.5 Å². The summed E-state index contributed by atoms with van der Waals surface area (Å²) in [6.45, 7) is -0.251. The third-order valence-electron chi connectivity index (χ3n) is 4.24. The number of anilines is 1. The summed E-state index contributed by atoms with van der Waals surface area (Å²) in [7, 11) is 4.45. The first kappa shape index (κ1) is 19.6. The van der Waals surface area contributed by atoms with Crippen molar-refractivity contribution in [2.24, 2.45) is 10.9 Å². The Bertz CT molecular complexity index is 897. The van der Waals surface area contributed by atoms with Crippen molar-refractivity contribution < 1.29 is 23.8 Å². The molecule has 146 valence electrons. The summed E-state index contributed by atoms with van der Waals surface area (Å²) in [5.41, 5.74) is 1.01. The lowest BCUT2D eigenvalue weighted by Gasteiger charge is -2.29. The third-order valence-corrected chi connectivity index (χ3v) is 4.55. The van der Waals surface area contributed by atoms with Crippen molar-refractivity contribution in [2.75, 3.05) is 33.2 Å². The molecule has 1 N–H and O–H groups in total. The summed E-state index contributed by atoms with van der Waals surface area (Å²) in [6.07, 6.45) is 7.03. The van der Waals surface area contributed by atoms with Crippen LogP contribution >= 0.6 is 12.2 Å². The van der Waals surface area contributed by atoms with E-state index in [1.54, 1.807) is 36.4 Å². The largest absolute Gasteiger partial charge is 0.493 e. The summed E-state index contributed by atoms with van der Waals surface area (Å²) < 4.78 is 15.8. The van der Waals surface area contributed by atoms with Crippen molar-refractivity contribution in [1.82, 2.24) is 4.90 Å². The number of nitrogens with one attached hydrogen (secondary N) is 1. The molecule has 0 saturated carbocycles. The summed E-state index contributed by atoms with van der Waals surface area (Å²) >= 11 is 5.19. The summed E-state index contributed by atoms with van der Waals surface area (Å²) in [6, 6.07) is 3.20. The highest BCUT2D eigenvalue weighted by molar-refractivity contribution is 7.80. The van der Waals surface area contributed by atoms with Crippen LogP contribution in [0.25, 0.3) is 0 Å². The number of fused-ring (bicyclic) bond motifs is 1. The molecule has 1 aliphatic heterocycles. The predicted molar refractivity (Wildman–Crippen MR) is 108 cm³/mol.